The minimum atomic E-state index is -1.03. The Morgan fingerprint density at radius 3 is 2.69 bits per heavy atom. The van der Waals surface area contributed by atoms with E-state index in [2.05, 4.69) is 25.6 Å². The summed E-state index contributed by atoms with van der Waals surface area (Å²) in [6.45, 7) is 1.90. The fourth-order valence-electron chi connectivity index (χ4n) is 4.15. The topological polar surface area (TPSA) is 122 Å². The van der Waals surface area contributed by atoms with Crippen molar-refractivity contribution in [2.75, 3.05) is 11.9 Å². The van der Waals surface area contributed by atoms with E-state index in [1.54, 1.807) is 12.3 Å². The first kappa shape index (κ1) is 25.5. The summed E-state index contributed by atoms with van der Waals surface area (Å²) in [5.41, 5.74) is 3.87. The molecule has 0 aliphatic carbocycles. The third kappa shape index (κ3) is 5.57. The monoisotopic (exact) mass is 528 g/mol. The molecule has 4 aromatic rings. The number of anilines is 1. The van der Waals surface area contributed by atoms with Gasteiger partial charge in [-0.15, -0.1) is 0 Å². The number of carbonyl (C=O) groups excluding carboxylic acids is 2. The average molecular weight is 529 g/mol. The molecule has 0 atom stereocenters. The quantitative estimate of drug-likeness (QED) is 0.317. The predicted octanol–water partition coefficient (Wildman–Crippen LogP) is 3.62. The lowest BCUT2D eigenvalue weighted by atomic mass is 10.0. The molecule has 1 aliphatic heterocycles. The van der Waals surface area contributed by atoms with Crippen molar-refractivity contribution in [1.82, 2.24) is 24.8 Å². The number of H-pyrrole nitrogens is 1. The maximum atomic E-state index is 13.5. The number of hydrogen-bond acceptors (Lipinski definition) is 5. The Labute approximate surface area is 220 Å². The number of carbonyl (C=O) groups is 2. The Hall–Kier alpha value is -5.19. The third-order valence-electron chi connectivity index (χ3n) is 6.07. The molecule has 0 fully saturated rings. The zero-order valence-electron chi connectivity index (χ0n) is 20.7. The van der Waals surface area contributed by atoms with Gasteiger partial charge in [0.25, 0.3) is 17.4 Å². The van der Waals surface area contributed by atoms with E-state index >= 15 is 0 Å². The SMILES string of the molecule is CC(=Cc1ccc2c(c1)NC(=O)C2=Cc1cnc[nH]1)CNC(=O)c1cncn(Cc2ccc(F)c(F)c2)c1=O. The largest absolute Gasteiger partial charge is 0.348 e. The number of hydrogen-bond donors (Lipinski definition) is 3. The Balaban J connectivity index is 1.26. The van der Waals surface area contributed by atoms with E-state index in [1.807, 2.05) is 31.2 Å². The van der Waals surface area contributed by atoms with E-state index < -0.39 is 23.1 Å². The third-order valence-corrected chi connectivity index (χ3v) is 6.07. The number of nitrogens with zero attached hydrogens (tertiary/aromatic N) is 3. The van der Waals surface area contributed by atoms with E-state index in [1.165, 1.54) is 18.7 Å². The first-order chi connectivity index (χ1) is 18.8. The van der Waals surface area contributed by atoms with Crippen molar-refractivity contribution in [1.29, 1.82) is 0 Å². The van der Waals surface area contributed by atoms with Crippen molar-refractivity contribution in [3.8, 4) is 0 Å². The number of nitrogens with one attached hydrogen (secondary N) is 3. The number of fused-ring (bicyclic) bond motifs is 1. The normalized spacial score (nSPS) is 13.9. The summed E-state index contributed by atoms with van der Waals surface area (Å²) in [7, 11) is 0. The molecule has 3 N–H and O–H groups in total. The minimum Gasteiger partial charge on any atom is -0.348 e. The lowest BCUT2D eigenvalue weighted by molar-refractivity contribution is -0.110. The fraction of sp³-hybridized carbons (Fsp3) is 0.107. The second kappa shape index (κ2) is 10.7. The lowest BCUT2D eigenvalue weighted by Gasteiger charge is -2.09. The minimum absolute atomic E-state index is 0.0727. The van der Waals surface area contributed by atoms with Crippen LogP contribution in [0.1, 0.15) is 39.7 Å². The maximum absolute atomic E-state index is 13.5. The van der Waals surface area contributed by atoms with Crippen molar-refractivity contribution < 1.29 is 18.4 Å². The summed E-state index contributed by atoms with van der Waals surface area (Å²) >= 11 is 0. The van der Waals surface area contributed by atoms with Crippen LogP contribution in [0.15, 0.2) is 71.8 Å². The van der Waals surface area contributed by atoms with Crippen LogP contribution in [0.25, 0.3) is 17.7 Å². The number of aromatic amines is 1. The molecular weight excluding hydrogens is 506 g/mol. The van der Waals surface area contributed by atoms with E-state index in [0.29, 0.717) is 22.5 Å². The molecule has 9 nitrogen and oxygen atoms in total. The highest BCUT2D eigenvalue weighted by Gasteiger charge is 2.24. The van der Waals surface area contributed by atoms with Gasteiger partial charge in [-0.3, -0.25) is 19.0 Å². The van der Waals surface area contributed by atoms with Crippen molar-refractivity contribution in [2.24, 2.45) is 0 Å². The summed E-state index contributed by atoms with van der Waals surface area (Å²) in [5.74, 6) is -2.84. The first-order valence-electron chi connectivity index (χ1n) is 11.9. The van der Waals surface area contributed by atoms with Gasteiger partial charge in [0, 0.05) is 24.0 Å². The fourth-order valence-corrected chi connectivity index (χ4v) is 4.15. The summed E-state index contributed by atoms with van der Waals surface area (Å²) in [4.78, 5) is 48.8. The summed E-state index contributed by atoms with van der Waals surface area (Å²) in [6.07, 6.45) is 9.14. The van der Waals surface area contributed by atoms with Gasteiger partial charge in [-0.25, -0.2) is 18.7 Å². The van der Waals surface area contributed by atoms with Gasteiger partial charge in [0.2, 0.25) is 0 Å². The summed E-state index contributed by atoms with van der Waals surface area (Å²) in [5, 5.41) is 5.56. The van der Waals surface area contributed by atoms with Crippen LogP contribution in [0.5, 0.6) is 0 Å². The molecular formula is C28H22F2N6O3. The van der Waals surface area contributed by atoms with E-state index in [0.717, 1.165) is 39.6 Å². The first-order valence-corrected chi connectivity index (χ1v) is 11.9. The standard InChI is InChI=1S/C28H22F2N6O3/c1-16(6-17-2-4-20-21(9-19-11-31-14-34-19)27(38)35-25(20)8-17)10-33-26(37)22-12-32-15-36(28(22)39)13-18-3-5-23(29)24(30)7-18/h2-9,11-12,14-15H,10,13H2,1H3,(H,31,34)(H,33,37)(H,35,38). The lowest BCUT2D eigenvalue weighted by Crippen LogP contribution is -2.34. The highest BCUT2D eigenvalue weighted by molar-refractivity contribution is 6.34. The second-order valence-corrected chi connectivity index (χ2v) is 8.99. The molecule has 39 heavy (non-hydrogen) atoms. The van der Waals surface area contributed by atoms with E-state index in [4.69, 9.17) is 0 Å². The molecule has 196 valence electrons. The molecule has 0 saturated carbocycles. The molecule has 0 unspecified atom stereocenters. The number of benzene rings is 2. The van der Waals surface area contributed by atoms with Crippen LogP contribution in [0.2, 0.25) is 0 Å². The van der Waals surface area contributed by atoms with E-state index in [9.17, 15) is 23.2 Å². The Kier molecular flexibility index (Phi) is 6.96. The number of amides is 2. The van der Waals surface area contributed by atoms with Gasteiger partial charge in [0.1, 0.15) is 5.56 Å². The summed E-state index contributed by atoms with van der Waals surface area (Å²) in [6, 6.07) is 8.86. The van der Waals surface area contributed by atoms with Crippen LogP contribution in [-0.2, 0) is 11.3 Å². The van der Waals surface area contributed by atoms with Gasteiger partial charge in [-0.1, -0.05) is 29.8 Å². The van der Waals surface area contributed by atoms with Crippen molar-refractivity contribution in [2.45, 2.75) is 13.5 Å². The molecule has 0 bridgehead atoms. The maximum Gasteiger partial charge on any atom is 0.266 e. The number of aromatic nitrogens is 4. The van der Waals surface area contributed by atoms with Crippen molar-refractivity contribution in [3.05, 3.63) is 117 Å². The van der Waals surface area contributed by atoms with Crippen LogP contribution in [0.4, 0.5) is 14.5 Å². The van der Waals surface area contributed by atoms with Crippen LogP contribution in [0.3, 0.4) is 0 Å². The molecule has 0 saturated heterocycles. The number of rotatable bonds is 7. The smallest absolute Gasteiger partial charge is 0.266 e. The van der Waals surface area contributed by atoms with Gasteiger partial charge in [0.15, 0.2) is 11.6 Å². The molecule has 3 heterocycles. The van der Waals surface area contributed by atoms with Gasteiger partial charge in [-0.2, -0.15) is 0 Å². The highest BCUT2D eigenvalue weighted by Crippen LogP contribution is 2.34. The van der Waals surface area contributed by atoms with Crippen LogP contribution < -0.4 is 16.2 Å². The number of halogens is 2. The highest BCUT2D eigenvalue weighted by atomic mass is 19.2. The molecule has 5 rings (SSSR count). The molecule has 2 aromatic heterocycles. The molecule has 0 radical (unpaired) electrons. The Bertz CT molecular complexity index is 1710. The molecule has 2 aromatic carbocycles. The molecule has 0 spiro atoms. The zero-order valence-corrected chi connectivity index (χ0v) is 20.7. The van der Waals surface area contributed by atoms with E-state index in [-0.39, 0.29) is 24.6 Å². The summed E-state index contributed by atoms with van der Waals surface area (Å²) < 4.78 is 27.9. The zero-order chi connectivity index (χ0) is 27.5. The van der Waals surface area contributed by atoms with Crippen molar-refractivity contribution in [3.63, 3.8) is 0 Å². The van der Waals surface area contributed by atoms with Crippen LogP contribution >= 0.6 is 0 Å². The molecule has 1 aliphatic rings. The van der Waals surface area contributed by atoms with Gasteiger partial charge in [0.05, 0.1) is 36.7 Å². The Morgan fingerprint density at radius 2 is 1.92 bits per heavy atom. The average Bonchev–Trinajstić information content (AvgIpc) is 3.53. The number of imidazole rings is 1. The van der Waals surface area contributed by atoms with Gasteiger partial charge >= 0.3 is 0 Å². The van der Waals surface area contributed by atoms with Crippen LogP contribution in [-0.4, -0.2) is 37.9 Å². The van der Waals surface area contributed by atoms with Gasteiger partial charge in [-0.05, 0) is 42.3 Å². The molecule has 11 heteroatoms. The van der Waals surface area contributed by atoms with Gasteiger partial charge < -0.3 is 15.6 Å². The predicted molar refractivity (Wildman–Crippen MR) is 141 cm³/mol. The van der Waals surface area contributed by atoms with Crippen LogP contribution in [0, 0.1) is 11.6 Å². The molecule has 2 amide bonds. The van der Waals surface area contributed by atoms with Crippen molar-refractivity contribution >= 4 is 35.2 Å². The second-order valence-electron chi connectivity index (χ2n) is 8.99. The Morgan fingerprint density at radius 1 is 1.08 bits per heavy atom.